The third-order valence-electron chi connectivity index (χ3n) is 4.41. The summed E-state index contributed by atoms with van der Waals surface area (Å²) in [4.78, 5) is 12.5. The summed E-state index contributed by atoms with van der Waals surface area (Å²) in [6.07, 6.45) is 4.21. The average Bonchev–Trinajstić information content (AvgIpc) is 3.33. The summed E-state index contributed by atoms with van der Waals surface area (Å²) >= 11 is 0. The van der Waals surface area contributed by atoms with Crippen LogP contribution in [0.3, 0.4) is 0 Å². The number of rotatable bonds is 7. The number of aliphatic hydroxyl groups excluding tert-OH is 1. The van der Waals surface area contributed by atoms with Gasteiger partial charge in [-0.1, -0.05) is 36.8 Å². The van der Waals surface area contributed by atoms with Crippen molar-refractivity contribution in [1.29, 1.82) is 0 Å². The summed E-state index contributed by atoms with van der Waals surface area (Å²) in [5.74, 6) is 0.312. The molecule has 1 aliphatic carbocycles. The maximum absolute atomic E-state index is 12.5. The van der Waals surface area contributed by atoms with E-state index in [1.54, 1.807) is 6.20 Å². The molecule has 1 aliphatic rings. The Bertz CT molecular complexity index is 719. The van der Waals surface area contributed by atoms with Crippen molar-refractivity contribution >= 4 is 5.91 Å². The van der Waals surface area contributed by atoms with Crippen LogP contribution in [0.5, 0.6) is 0 Å². The van der Waals surface area contributed by atoms with Crippen molar-refractivity contribution < 1.29 is 9.90 Å². The number of aliphatic hydroxyl groups is 1. The monoisotopic (exact) mass is 327 g/mol. The molecule has 1 saturated carbocycles. The van der Waals surface area contributed by atoms with E-state index in [2.05, 4.69) is 17.3 Å². The Labute approximate surface area is 142 Å². The second-order valence-electron chi connectivity index (χ2n) is 6.58. The van der Waals surface area contributed by atoms with Gasteiger partial charge in [-0.05, 0) is 31.7 Å². The predicted octanol–water partition coefficient (Wildman–Crippen LogP) is 2.94. The van der Waals surface area contributed by atoms with E-state index in [1.165, 1.54) is 0 Å². The van der Waals surface area contributed by atoms with Crippen molar-refractivity contribution in [3.8, 4) is 0 Å². The molecular formula is C19H25N3O2. The smallest absolute Gasteiger partial charge is 0.254 e. The van der Waals surface area contributed by atoms with E-state index < -0.39 is 6.10 Å². The molecule has 0 bridgehead atoms. The van der Waals surface area contributed by atoms with Crippen LogP contribution in [0, 0.1) is 6.92 Å². The van der Waals surface area contributed by atoms with Gasteiger partial charge in [0, 0.05) is 19.0 Å². The Morgan fingerprint density at radius 1 is 1.46 bits per heavy atom. The Morgan fingerprint density at radius 3 is 2.92 bits per heavy atom. The zero-order chi connectivity index (χ0) is 17.1. The van der Waals surface area contributed by atoms with Gasteiger partial charge in [0.2, 0.25) is 0 Å². The summed E-state index contributed by atoms with van der Waals surface area (Å²) in [5, 5.41) is 17.5. The zero-order valence-corrected chi connectivity index (χ0v) is 14.3. The summed E-state index contributed by atoms with van der Waals surface area (Å²) in [5.41, 5.74) is 3.62. The second-order valence-corrected chi connectivity index (χ2v) is 6.58. The molecule has 0 spiro atoms. The molecule has 128 valence electrons. The second kappa shape index (κ2) is 7.18. The molecule has 0 aliphatic heterocycles. The Balaban J connectivity index is 1.67. The lowest BCUT2D eigenvalue weighted by molar-refractivity contribution is 0.0915. The molecule has 1 atom stereocenters. The van der Waals surface area contributed by atoms with Crippen LogP contribution in [0.25, 0.3) is 0 Å². The van der Waals surface area contributed by atoms with Gasteiger partial charge >= 0.3 is 0 Å². The van der Waals surface area contributed by atoms with Crippen LogP contribution in [-0.2, 0) is 6.54 Å². The summed E-state index contributed by atoms with van der Waals surface area (Å²) in [6.45, 7) is 5.13. The first-order valence-corrected chi connectivity index (χ1v) is 8.68. The van der Waals surface area contributed by atoms with E-state index >= 15 is 0 Å². The number of hydrogen-bond donors (Lipinski definition) is 2. The standard InChI is InChI=1S/C19H25N3O2/c1-3-9-22-18(14-7-8-14)16(11-21-22)19(24)20-12-17(23)15-6-4-5-13(2)10-15/h4-6,10-11,14,17,23H,3,7-9,12H2,1-2H3,(H,20,24). The van der Waals surface area contributed by atoms with Crippen molar-refractivity contribution in [2.45, 2.75) is 51.7 Å². The fourth-order valence-electron chi connectivity index (χ4n) is 3.03. The summed E-state index contributed by atoms with van der Waals surface area (Å²) in [7, 11) is 0. The van der Waals surface area contributed by atoms with E-state index in [-0.39, 0.29) is 12.5 Å². The highest BCUT2D eigenvalue weighted by Crippen LogP contribution is 2.41. The number of carbonyl (C=O) groups excluding carboxylic acids is 1. The first-order chi connectivity index (χ1) is 11.6. The Hall–Kier alpha value is -2.14. The van der Waals surface area contributed by atoms with Crippen molar-refractivity contribution in [2.24, 2.45) is 0 Å². The van der Waals surface area contributed by atoms with Gasteiger partial charge in [-0.15, -0.1) is 0 Å². The number of nitrogens with one attached hydrogen (secondary N) is 1. The van der Waals surface area contributed by atoms with E-state index in [9.17, 15) is 9.90 Å². The largest absolute Gasteiger partial charge is 0.387 e. The SMILES string of the molecule is CCCn1ncc(C(=O)NCC(O)c2cccc(C)c2)c1C1CC1. The third kappa shape index (κ3) is 3.67. The van der Waals surface area contributed by atoms with Crippen molar-refractivity contribution in [1.82, 2.24) is 15.1 Å². The molecule has 0 radical (unpaired) electrons. The minimum absolute atomic E-state index is 0.147. The molecule has 1 aromatic carbocycles. The molecule has 1 heterocycles. The number of amides is 1. The lowest BCUT2D eigenvalue weighted by Gasteiger charge is -2.13. The quantitative estimate of drug-likeness (QED) is 0.821. The van der Waals surface area contributed by atoms with Crippen LogP contribution in [0.4, 0.5) is 0 Å². The Kier molecular flexibility index (Phi) is 5.00. The molecule has 2 N–H and O–H groups in total. The topological polar surface area (TPSA) is 67.2 Å². The number of aromatic nitrogens is 2. The van der Waals surface area contributed by atoms with E-state index in [1.807, 2.05) is 35.9 Å². The van der Waals surface area contributed by atoms with Crippen LogP contribution < -0.4 is 5.32 Å². The van der Waals surface area contributed by atoms with Gasteiger partial charge < -0.3 is 10.4 Å². The van der Waals surface area contributed by atoms with Gasteiger partial charge in [-0.2, -0.15) is 5.10 Å². The molecule has 1 fully saturated rings. The average molecular weight is 327 g/mol. The van der Waals surface area contributed by atoms with Crippen molar-refractivity contribution in [3.63, 3.8) is 0 Å². The molecular weight excluding hydrogens is 302 g/mol. The van der Waals surface area contributed by atoms with Gasteiger partial charge in [0.25, 0.3) is 5.91 Å². The van der Waals surface area contributed by atoms with Crippen molar-refractivity contribution in [2.75, 3.05) is 6.54 Å². The first-order valence-electron chi connectivity index (χ1n) is 8.68. The summed E-state index contributed by atoms with van der Waals surface area (Å²) < 4.78 is 1.96. The zero-order valence-electron chi connectivity index (χ0n) is 14.3. The predicted molar refractivity (Wildman–Crippen MR) is 93.0 cm³/mol. The Morgan fingerprint density at radius 2 is 2.25 bits per heavy atom. The molecule has 0 saturated heterocycles. The highest BCUT2D eigenvalue weighted by atomic mass is 16.3. The fraction of sp³-hybridized carbons (Fsp3) is 0.474. The van der Waals surface area contributed by atoms with E-state index in [0.717, 1.165) is 42.6 Å². The summed E-state index contributed by atoms with van der Waals surface area (Å²) in [6, 6.07) is 7.71. The molecule has 5 nitrogen and oxygen atoms in total. The highest BCUT2D eigenvalue weighted by Gasteiger charge is 2.32. The van der Waals surface area contributed by atoms with Gasteiger partial charge in [0.1, 0.15) is 0 Å². The minimum Gasteiger partial charge on any atom is -0.387 e. The lowest BCUT2D eigenvalue weighted by atomic mass is 10.1. The molecule has 5 heteroatoms. The first kappa shape index (κ1) is 16.7. The number of nitrogens with zero attached hydrogens (tertiary/aromatic N) is 2. The fourth-order valence-corrected chi connectivity index (χ4v) is 3.03. The molecule has 2 aromatic rings. The van der Waals surface area contributed by atoms with Crippen LogP contribution in [-0.4, -0.2) is 27.3 Å². The number of aryl methyl sites for hydroxylation is 2. The van der Waals surface area contributed by atoms with E-state index in [0.29, 0.717) is 11.5 Å². The normalized spacial score (nSPS) is 15.3. The van der Waals surface area contributed by atoms with Crippen LogP contribution >= 0.6 is 0 Å². The molecule has 24 heavy (non-hydrogen) atoms. The number of carbonyl (C=O) groups is 1. The minimum atomic E-state index is -0.705. The number of benzene rings is 1. The molecule has 1 amide bonds. The van der Waals surface area contributed by atoms with Gasteiger partial charge in [0.15, 0.2) is 0 Å². The third-order valence-corrected chi connectivity index (χ3v) is 4.41. The van der Waals surface area contributed by atoms with Crippen LogP contribution in [0.15, 0.2) is 30.5 Å². The number of hydrogen-bond acceptors (Lipinski definition) is 3. The van der Waals surface area contributed by atoms with Gasteiger partial charge in [-0.3, -0.25) is 9.48 Å². The highest BCUT2D eigenvalue weighted by molar-refractivity contribution is 5.95. The maximum atomic E-state index is 12.5. The molecule has 1 aromatic heterocycles. The molecule has 3 rings (SSSR count). The van der Waals surface area contributed by atoms with Crippen LogP contribution in [0.1, 0.15) is 65.4 Å². The van der Waals surface area contributed by atoms with Gasteiger partial charge in [0.05, 0.1) is 23.6 Å². The van der Waals surface area contributed by atoms with Gasteiger partial charge in [-0.25, -0.2) is 0 Å². The molecule has 1 unspecified atom stereocenters. The lowest BCUT2D eigenvalue weighted by Crippen LogP contribution is -2.29. The van der Waals surface area contributed by atoms with Crippen LogP contribution in [0.2, 0.25) is 0 Å². The van der Waals surface area contributed by atoms with E-state index in [4.69, 9.17) is 0 Å². The maximum Gasteiger partial charge on any atom is 0.254 e. The van der Waals surface area contributed by atoms with Crippen molar-refractivity contribution in [3.05, 3.63) is 52.8 Å².